The first-order valence-corrected chi connectivity index (χ1v) is 6.71. The summed E-state index contributed by atoms with van der Waals surface area (Å²) in [7, 11) is 0. The van der Waals surface area contributed by atoms with Gasteiger partial charge in [-0.2, -0.15) is 0 Å². The minimum Gasteiger partial charge on any atom is -0.481 e. The van der Waals surface area contributed by atoms with Crippen LogP contribution in [0.5, 0.6) is 5.75 Å². The lowest BCUT2D eigenvalue weighted by Gasteiger charge is -2.20. The summed E-state index contributed by atoms with van der Waals surface area (Å²) in [6.07, 6.45) is -0.582. The molecule has 1 aromatic carbocycles. The van der Waals surface area contributed by atoms with Crippen molar-refractivity contribution in [2.24, 2.45) is 5.73 Å². The molecule has 0 aliphatic heterocycles. The van der Waals surface area contributed by atoms with E-state index in [9.17, 15) is 4.79 Å². The summed E-state index contributed by atoms with van der Waals surface area (Å²) in [4.78, 5) is 11.8. The Morgan fingerprint density at radius 2 is 1.95 bits per heavy atom. The topological polar surface area (TPSA) is 64.3 Å². The van der Waals surface area contributed by atoms with Gasteiger partial charge in [0.25, 0.3) is 5.91 Å². The smallest absolute Gasteiger partial charge is 0.260 e. The lowest BCUT2D eigenvalue weighted by Crippen LogP contribution is -2.40. The number of nitrogens with one attached hydrogen (secondary N) is 1. The van der Waals surface area contributed by atoms with E-state index in [4.69, 9.17) is 22.1 Å². The maximum Gasteiger partial charge on any atom is 0.260 e. The van der Waals surface area contributed by atoms with Crippen molar-refractivity contribution >= 4 is 17.5 Å². The van der Waals surface area contributed by atoms with E-state index in [1.54, 1.807) is 25.1 Å². The zero-order valence-corrected chi connectivity index (χ0v) is 12.5. The van der Waals surface area contributed by atoms with Gasteiger partial charge in [-0.05, 0) is 45.9 Å². The van der Waals surface area contributed by atoms with Crippen molar-refractivity contribution < 1.29 is 9.53 Å². The number of hydrogen-bond donors (Lipinski definition) is 2. The highest BCUT2D eigenvalue weighted by Gasteiger charge is 2.18. The minimum atomic E-state index is -0.582. The van der Waals surface area contributed by atoms with Crippen molar-refractivity contribution in [2.45, 2.75) is 45.9 Å². The summed E-state index contributed by atoms with van der Waals surface area (Å²) in [6, 6.07) is 5.08. The summed E-state index contributed by atoms with van der Waals surface area (Å²) in [5, 5.41) is 3.40. The van der Waals surface area contributed by atoms with Crippen LogP contribution in [0.4, 0.5) is 0 Å². The van der Waals surface area contributed by atoms with E-state index in [-0.39, 0.29) is 18.0 Å². The van der Waals surface area contributed by atoms with Crippen LogP contribution in [-0.2, 0) is 4.79 Å². The van der Waals surface area contributed by atoms with Crippen molar-refractivity contribution in [1.29, 1.82) is 0 Å². The highest BCUT2D eigenvalue weighted by Crippen LogP contribution is 2.28. The molecule has 3 N–H and O–H groups in total. The zero-order valence-electron chi connectivity index (χ0n) is 11.7. The van der Waals surface area contributed by atoms with Crippen molar-refractivity contribution in [3.8, 4) is 5.75 Å². The molecule has 0 fully saturated rings. The standard InChI is InChI=1S/C14H21ClN2O2/c1-8(2)17-14(18)10(4)19-13-6-5-11(15)7-12(13)9(3)16/h5-10H,16H2,1-4H3,(H,17,18)/t9-,10?/m0/s1. The first-order valence-electron chi connectivity index (χ1n) is 6.33. The Kier molecular flexibility index (Phi) is 5.63. The lowest BCUT2D eigenvalue weighted by molar-refractivity contribution is -0.127. The number of amides is 1. The third kappa shape index (κ3) is 4.73. The number of carbonyl (C=O) groups excluding carboxylic acids is 1. The second-order valence-corrected chi connectivity index (χ2v) is 5.33. The van der Waals surface area contributed by atoms with Crippen LogP contribution in [0.2, 0.25) is 5.02 Å². The first kappa shape index (κ1) is 15.8. The third-order valence-electron chi connectivity index (χ3n) is 2.57. The molecule has 0 saturated carbocycles. The molecule has 0 aliphatic rings. The molecule has 2 atom stereocenters. The maximum atomic E-state index is 11.8. The molecule has 4 nitrogen and oxygen atoms in total. The molecule has 0 radical (unpaired) electrons. The van der Waals surface area contributed by atoms with E-state index in [0.29, 0.717) is 10.8 Å². The van der Waals surface area contributed by atoms with Crippen LogP contribution >= 0.6 is 11.6 Å². The molecular weight excluding hydrogens is 264 g/mol. The number of rotatable bonds is 5. The fourth-order valence-corrected chi connectivity index (χ4v) is 1.81. The van der Waals surface area contributed by atoms with E-state index in [1.807, 2.05) is 20.8 Å². The molecule has 0 aliphatic carbocycles. The molecular formula is C14H21ClN2O2. The van der Waals surface area contributed by atoms with E-state index in [1.165, 1.54) is 0 Å². The van der Waals surface area contributed by atoms with Crippen LogP contribution < -0.4 is 15.8 Å². The normalized spacial score (nSPS) is 14.1. The molecule has 0 heterocycles. The Bertz CT molecular complexity index is 447. The van der Waals surface area contributed by atoms with Crippen LogP contribution in [0, 0.1) is 0 Å². The second-order valence-electron chi connectivity index (χ2n) is 4.89. The Balaban J connectivity index is 2.84. The predicted octanol–water partition coefficient (Wildman–Crippen LogP) is 2.65. The van der Waals surface area contributed by atoms with E-state index >= 15 is 0 Å². The van der Waals surface area contributed by atoms with Crippen LogP contribution in [0.25, 0.3) is 0 Å². The summed E-state index contributed by atoms with van der Waals surface area (Å²) in [5.41, 5.74) is 6.67. The molecule has 0 saturated heterocycles. The van der Waals surface area contributed by atoms with Gasteiger partial charge in [-0.15, -0.1) is 0 Å². The monoisotopic (exact) mass is 284 g/mol. The van der Waals surface area contributed by atoms with E-state index < -0.39 is 6.10 Å². The van der Waals surface area contributed by atoms with Gasteiger partial charge < -0.3 is 15.8 Å². The van der Waals surface area contributed by atoms with Crippen molar-refractivity contribution in [3.05, 3.63) is 28.8 Å². The highest BCUT2D eigenvalue weighted by atomic mass is 35.5. The van der Waals surface area contributed by atoms with E-state index in [2.05, 4.69) is 5.32 Å². The van der Waals surface area contributed by atoms with Crippen molar-refractivity contribution in [1.82, 2.24) is 5.32 Å². The van der Waals surface area contributed by atoms with Crippen LogP contribution in [0.1, 0.15) is 39.3 Å². The van der Waals surface area contributed by atoms with Gasteiger partial charge in [0, 0.05) is 22.7 Å². The molecule has 1 amide bonds. The summed E-state index contributed by atoms with van der Waals surface area (Å²) < 4.78 is 5.67. The molecule has 1 aromatic rings. The quantitative estimate of drug-likeness (QED) is 0.874. The van der Waals surface area contributed by atoms with Gasteiger partial charge in [0.15, 0.2) is 6.10 Å². The molecule has 0 aromatic heterocycles. The fraction of sp³-hybridized carbons (Fsp3) is 0.500. The predicted molar refractivity (Wildman–Crippen MR) is 77.4 cm³/mol. The lowest BCUT2D eigenvalue weighted by atomic mass is 10.1. The molecule has 0 spiro atoms. The Morgan fingerprint density at radius 3 is 2.47 bits per heavy atom. The van der Waals surface area contributed by atoms with Crippen molar-refractivity contribution in [3.63, 3.8) is 0 Å². The fourth-order valence-electron chi connectivity index (χ4n) is 1.63. The number of ether oxygens (including phenoxy) is 1. The average Bonchev–Trinajstić information content (AvgIpc) is 2.30. The van der Waals surface area contributed by atoms with Crippen LogP contribution in [0.3, 0.4) is 0 Å². The molecule has 1 unspecified atom stereocenters. The number of benzene rings is 1. The van der Waals surface area contributed by atoms with Gasteiger partial charge in [0.05, 0.1) is 0 Å². The Labute approximate surface area is 119 Å². The number of nitrogens with two attached hydrogens (primary N) is 1. The van der Waals surface area contributed by atoms with Gasteiger partial charge in [0.1, 0.15) is 5.75 Å². The number of halogens is 1. The molecule has 106 valence electrons. The molecule has 19 heavy (non-hydrogen) atoms. The van der Waals surface area contributed by atoms with Crippen molar-refractivity contribution in [2.75, 3.05) is 0 Å². The number of carbonyl (C=O) groups is 1. The van der Waals surface area contributed by atoms with Crippen LogP contribution in [-0.4, -0.2) is 18.1 Å². The summed E-state index contributed by atoms with van der Waals surface area (Å²) in [5.74, 6) is 0.436. The van der Waals surface area contributed by atoms with Gasteiger partial charge in [-0.3, -0.25) is 4.79 Å². The minimum absolute atomic E-state index is 0.0803. The summed E-state index contributed by atoms with van der Waals surface area (Å²) >= 11 is 5.94. The average molecular weight is 285 g/mol. The third-order valence-corrected chi connectivity index (χ3v) is 2.80. The Hall–Kier alpha value is -1.26. The maximum absolute atomic E-state index is 11.8. The molecule has 5 heteroatoms. The second kappa shape index (κ2) is 6.78. The summed E-state index contributed by atoms with van der Waals surface area (Å²) in [6.45, 7) is 7.36. The largest absolute Gasteiger partial charge is 0.481 e. The van der Waals surface area contributed by atoms with E-state index in [0.717, 1.165) is 5.56 Å². The number of hydrogen-bond acceptors (Lipinski definition) is 3. The molecule has 0 bridgehead atoms. The zero-order chi connectivity index (χ0) is 14.6. The SMILES string of the molecule is CC(C)NC(=O)C(C)Oc1ccc(Cl)cc1[C@H](C)N. The van der Waals surface area contributed by atoms with Crippen LogP contribution in [0.15, 0.2) is 18.2 Å². The van der Waals surface area contributed by atoms with Gasteiger partial charge in [-0.25, -0.2) is 0 Å². The molecule has 1 rings (SSSR count). The van der Waals surface area contributed by atoms with Gasteiger partial charge >= 0.3 is 0 Å². The highest BCUT2D eigenvalue weighted by molar-refractivity contribution is 6.30. The first-order chi connectivity index (χ1) is 8.81. The van der Waals surface area contributed by atoms with Gasteiger partial charge in [0.2, 0.25) is 0 Å². The van der Waals surface area contributed by atoms with Gasteiger partial charge in [-0.1, -0.05) is 11.6 Å². The Morgan fingerprint density at radius 1 is 1.32 bits per heavy atom.